The maximum atomic E-state index is 12.7. The van der Waals surface area contributed by atoms with Crippen molar-refractivity contribution >= 4 is 22.4 Å². The van der Waals surface area contributed by atoms with Crippen LogP contribution < -0.4 is 4.74 Å². The van der Waals surface area contributed by atoms with Crippen LogP contribution >= 0.6 is 0 Å². The Morgan fingerprint density at radius 1 is 1.24 bits per heavy atom. The van der Waals surface area contributed by atoms with Gasteiger partial charge in [0.05, 0.1) is 13.7 Å². The molecule has 8 heteroatoms. The van der Waals surface area contributed by atoms with Gasteiger partial charge in [0.15, 0.2) is 0 Å². The molecule has 146 valence electrons. The van der Waals surface area contributed by atoms with Crippen molar-refractivity contribution < 1.29 is 14.6 Å². The molecule has 0 unspecified atom stereocenters. The third-order valence-electron chi connectivity index (χ3n) is 4.62. The van der Waals surface area contributed by atoms with Crippen LogP contribution in [0.1, 0.15) is 27.3 Å². The second kappa shape index (κ2) is 7.59. The van der Waals surface area contributed by atoms with Gasteiger partial charge in [-0.3, -0.25) is 4.79 Å². The maximum absolute atomic E-state index is 12.7. The summed E-state index contributed by atoms with van der Waals surface area (Å²) in [5.74, 6) is 0.154. The number of aliphatic hydroxyl groups excluding tert-OH is 1. The first-order chi connectivity index (χ1) is 14.0. The van der Waals surface area contributed by atoms with E-state index in [0.717, 1.165) is 33.9 Å². The van der Waals surface area contributed by atoms with Gasteiger partial charge in [0.1, 0.15) is 11.5 Å². The lowest BCUT2D eigenvalue weighted by Gasteiger charge is -2.05. The number of ether oxygens (including phenoxy) is 1. The van der Waals surface area contributed by atoms with E-state index in [9.17, 15) is 9.90 Å². The molecule has 0 atom stereocenters. The highest BCUT2D eigenvalue weighted by atomic mass is 16.5. The molecule has 0 spiro atoms. The molecule has 0 bridgehead atoms. The summed E-state index contributed by atoms with van der Waals surface area (Å²) in [6.07, 6.45) is 2.81. The number of methoxy groups -OCH3 is 1. The van der Waals surface area contributed by atoms with E-state index in [-0.39, 0.29) is 11.6 Å². The lowest BCUT2D eigenvalue weighted by Crippen LogP contribution is -2.11. The number of aliphatic hydroxyl groups is 1. The Kier molecular flexibility index (Phi) is 4.82. The van der Waals surface area contributed by atoms with Crippen LogP contribution in [0.2, 0.25) is 0 Å². The van der Waals surface area contributed by atoms with E-state index in [2.05, 4.69) is 20.5 Å². The fourth-order valence-electron chi connectivity index (χ4n) is 3.10. The average Bonchev–Trinajstić information content (AvgIpc) is 3.35. The molecule has 29 heavy (non-hydrogen) atoms. The van der Waals surface area contributed by atoms with Crippen molar-refractivity contribution in [2.45, 2.75) is 13.5 Å². The molecule has 0 fully saturated rings. The van der Waals surface area contributed by atoms with Gasteiger partial charge >= 0.3 is 0 Å². The lowest BCUT2D eigenvalue weighted by molar-refractivity contribution is 0.103. The number of H-pyrrole nitrogens is 1. The van der Waals surface area contributed by atoms with Gasteiger partial charge in [-0.2, -0.15) is 0 Å². The van der Waals surface area contributed by atoms with Gasteiger partial charge in [0.25, 0.3) is 0 Å². The van der Waals surface area contributed by atoms with Gasteiger partial charge in [0, 0.05) is 28.7 Å². The third kappa shape index (κ3) is 3.73. The quantitative estimate of drug-likeness (QED) is 0.298. The normalized spacial score (nSPS) is 11.7. The molecule has 2 aromatic heterocycles. The Balaban J connectivity index is 1.59. The number of hydrogen-bond acceptors (Lipinski definition) is 6. The largest absolute Gasteiger partial charge is 0.507 e. The van der Waals surface area contributed by atoms with Crippen LogP contribution in [-0.2, 0) is 6.54 Å². The van der Waals surface area contributed by atoms with Gasteiger partial charge < -0.3 is 14.8 Å². The van der Waals surface area contributed by atoms with Crippen LogP contribution in [0.3, 0.4) is 0 Å². The number of benzene rings is 2. The highest BCUT2D eigenvalue weighted by Crippen LogP contribution is 2.25. The zero-order valence-corrected chi connectivity index (χ0v) is 16.0. The highest BCUT2D eigenvalue weighted by Gasteiger charge is 2.17. The van der Waals surface area contributed by atoms with Gasteiger partial charge in [0.2, 0.25) is 11.6 Å². The Bertz CT molecular complexity index is 1200. The Labute approximate surface area is 166 Å². The molecule has 0 aliphatic heterocycles. The van der Waals surface area contributed by atoms with E-state index >= 15 is 0 Å². The fraction of sp³-hybridized carbons (Fsp3) is 0.143. The molecular weight excluding hydrogens is 370 g/mol. The number of allylic oxidation sites excluding steroid dienone is 1. The molecule has 0 aliphatic carbocycles. The van der Waals surface area contributed by atoms with Crippen LogP contribution in [-0.4, -0.2) is 43.2 Å². The number of fused-ring (bicyclic) bond motifs is 1. The summed E-state index contributed by atoms with van der Waals surface area (Å²) in [4.78, 5) is 15.8. The fourth-order valence-corrected chi connectivity index (χ4v) is 3.10. The molecule has 2 aromatic carbocycles. The van der Waals surface area contributed by atoms with Crippen molar-refractivity contribution in [3.05, 3.63) is 77.3 Å². The average molecular weight is 389 g/mol. The zero-order chi connectivity index (χ0) is 20.4. The second-order valence-corrected chi connectivity index (χ2v) is 6.65. The highest BCUT2D eigenvalue weighted by molar-refractivity contribution is 6.07. The Morgan fingerprint density at radius 3 is 2.79 bits per heavy atom. The predicted octanol–water partition coefficient (Wildman–Crippen LogP) is 3.30. The van der Waals surface area contributed by atoms with Crippen molar-refractivity contribution in [2.75, 3.05) is 7.11 Å². The maximum Gasteiger partial charge on any atom is 0.228 e. The standard InChI is InChI=1S/C21H19N5O3/c1-13-3-8-18-16(9-13)17(11-22-18)19(27)10-20(28)21-23-24-25-26(21)12-14-4-6-15(29-2)7-5-14/h3-11,22,27H,12H2,1-2H3/b19-10-. The smallest absolute Gasteiger partial charge is 0.228 e. The minimum absolute atomic E-state index is 0.0448. The molecule has 2 N–H and O–H groups in total. The number of hydrogen-bond donors (Lipinski definition) is 2. The number of aromatic amines is 1. The molecule has 0 radical (unpaired) electrons. The number of nitrogens with one attached hydrogen (secondary N) is 1. The van der Waals surface area contributed by atoms with Gasteiger partial charge in [-0.05, 0) is 47.2 Å². The van der Waals surface area contributed by atoms with Crippen LogP contribution in [0.4, 0.5) is 0 Å². The van der Waals surface area contributed by atoms with Crippen LogP contribution in [0.15, 0.2) is 54.7 Å². The molecule has 0 saturated carbocycles. The molecule has 0 amide bonds. The summed E-state index contributed by atoms with van der Waals surface area (Å²) in [7, 11) is 1.60. The monoisotopic (exact) mass is 389 g/mol. The van der Waals surface area contributed by atoms with E-state index in [1.807, 2.05) is 49.4 Å². The van der Waals surface area contributed by atoms with E-state index in [1.165, 1.54) is 4.68 Å². The molecule has 4 aromatic rings. The van der Waals surface area contributed by atoms with E-state index in [0.29, 0.717) is 12.1 Å². The summed E-state index contributed by atoms with van der Waals surface area (Å²) < 4.78 is 6.54. The number of carbonyl (C=O) groups is 1. The molecule has 8 nitrogen and oxygen atoms in total. The van der Waals surface area contributed by atoms with Crippen LogP contribution in [0, 0.1) is 6.92 Å². The van der Waals surface area contributed by atoms with E-state index in [1.54, 1.807) is 13.3 Å². The predicted molar refractivity (Wildman–Crippen MR) is 108 cm³/mol. The van der Waals surface area contributed by atoms with Crippen molar-refractivity contribution in [3.63, 3.8) is 0 Å². The van der Waals surface area contributed by atoms with Crippen molar-refractivity contribution in [2.24, 2.45) is 0 Å². The number of nitrogens with zero attached hydrogens (tertiary/aromatic N) is 4. The first-order valence-corrected chi connectivity index (χ1v) is 8.97. The molecule has 0 aliphatic rings. The molecule has 0 saturated heterocycles. The number of rotatable bonds is 6. The van der Waals surface area contributed by atoms with Crippen molar-refractivity contribution in [1.29, 1.82) is 0 Å². The number of tetrazole rings is 1. The number of carbonyl (C=O) groups excluding carboxylic acids is 1. The summed E-state index contributed by atoms with van der Waals surface area (Å²) in [5, 5.41) is 22.7. The van der Waals surface area contributed by atoms with Gasteiger partial charge in [-0.15, -0.1) is 5.10 Å². The van der Waals surface area contributed by atoms with Gasteiger partial charge in [-0.1, -0.05) is 23.8 Å². The summed E-state index contributed by atoms with van der Waals surface area (Å²) in [6.45, 7) is 2.29. The Morgan fingerprint density at radius 2 is 2.03 bits per heavy atom. The summed E-state index contributed by atoms with van der Waals surface area (Å²) >= 11 is 0. The number of aromatic nitrogens is 5. The summed E-state index contributed by atoms with van der Waals surface area (Å²) in [5.41, 5.74) is 3.39. The first kappa shape index (κ1) is 18.4. The second-order valence-electron chi connectivity index (χ2n) is 6.65. The van der Waals surface area contributed by atoms with E-state index < -0.39 is 5.78 Å². The van der Waals surface area contributed by atoms with Gasteiger partial charge in [-0.25, -0.2) is 4.68 Å². The minimum atomic E-state index is -0.483. The molecule has 4 rings (SSSR count). The number of ketones is 1. The minimum Gasteiger partial charge on any atom is -0.507 e. The van der Waals surface area contributed by atoms with Crippen molar-refractivity contribution in [3.8, 4) is 5.75 Å². The summed E-state index contributed by atoms with van der Waals surface area (Å²) in [6, 6.07) is 13.2. The lowest BCUT2D eigenvalue weighted by atomic mass is 10.1. The number of aryl methyl sites for hydroxylation is 1. The first-order valence-electron chi connectivity index (χ1n) is 8.97. The molecular formula is C21H19N5O3. The topological polar surface area (TPSA) is 106 Å². The van der Waals surface area contributed by atoms with Crippen molar-refractivity contribution in [1.82, 2.24) is 25.2 Å². The Hall–Kier alpha value is -3.94. The zero-order valence-electron chi connectivity index (χ0n) is 16.0. The molecule has 2 heterocycles. The van der Waals surface area contributed by atoms with Crippen LogP contribution in [0.5, 0.6) is 5.75 Å². The SMILES string of the molecule is COc1ccc(Cn2nnnc2C(=O)/C=C(\O)c2c[nH]c3ccc(C)cc23)cc1. The van der Waals surface area contributed by atoms with E-state index in [4.69, 9.17) is 4.74 Å². The third-order valence-corrected chi connectivity index (χ3v) is 4.62. The van der Waals surface area contributed by atoms with Crippen LogP contribution in [0.25, 0.3) is 16.7 Å².